The molecule has 0 unspecified atom stereocenters. The number of halogens is 1. The minimum absolute atomic E-state index is 0.232. The zero-order chi connectivity index (χ0) is 17.2. The van der Waals surface area contributed by atoms with Crippen LogP contribution in [-0.4, -0.2) is 47.9 Å². The molecule has 0 saturated carbocycles. The van der Waals surface area contributed by atoms with Crippen LogP contribution in [0.5, 0.6) is 5.75 Å². The zero-order valence-electron chi connectivity index (χ0n) is 14.3. The number of hydrogen-bond donors (Lipinski definition) is 0. The average molecular weight is 347 g/mol. The Morgan fingerprint density at radius 1 is 1.08 bits per heavy atom. The van der Waals surface area contributed by atoms with Crippen molar-refractivity contribution in [2.24, 2.45) is 0 Å². The fourth-order valence-corrected chi connectivity index (χ4v) is 3.43. The lowest BCUT2D eigenvalue weighted by Crippen LogP contribution is -2.45. The molecule has 1 saturated heterocycles. The van der Waals surface area contributed by atoms with Crippen LogP contribution in [0.15, 0.2) is 22.7 Å². The lowest BCUT2D eigenvalue weighted by molar-refractivity contribution is -0.0179. The highest BCUT2D eigenvalue weighted by atomic mass is 19.1. The van der Waals surface area contributed by atoms with Crippen molar-refractivity contribution in [1.29, 1.82) is 0 Å². The van der Waals surface area contributed by atoms with Gasteiger partial charge in [0, 0.05) is 49.9 Å². The van der Waals surface area contributed by atoms with E-state index in [1.807, 2.05) is 13.0 Å². The Balaban J connectivity index is 1.36. The monoisotopic (exact) mass is 347 g/mol. The SMILES string of the molecule is Cc1cc(CN2CCN(Cc3cc(F)cc4c3OCOC4)CC2)on1. The van der Waals surface area contributed by atoms with E-state index in [2.05, 4.69) is 15.0 Å². The molecule has 1 aromatic heterocycles. The maximum absolute atomic E-state index is 13.9. The van der Waals surface area contributed by atoms with Gasteiger partial charge in [-0.15, -0.1) is 0 Å². The lowest BCUT2D eigenvalue weighted by atomic mass is 10.1. The number of aromatic nitrogens is 1. The van der Waals surface area contributed by atoms with Crippen LogP contribution in [0, 0.1) is 12.7 Å². The number of fused-ring (bicyclic) bond motifs is 1. The Bertz CT molecular complexity index is 741. The van der Waals surface area contributed by atoms with Gasteiger partial charge in [0.25, 0.3) is 0 Å². The molecule has 4 rings (SSSR count). The molecule has 7 heteroatoms. The maximum Gasteiger partial charge on any atom is 0.189 e. The van der Waals surface area contributed by atoms with Crippen molar-refractivity contribution in [3.8, 4) is 5.75 Å². The fraction of sp³-hybridized carbons (Fsp3) is 0.500. The number of nitrogens with zero attached hydrogens (tertiary/aromatic N) is 3. The lowest BCUT2D eigenvalue weighted by Gasteiger charge is -2.34. The first kappa shape index (κ1) is 16.5. The average Bonchev–Trinajstić information content (AvgIpc) is 3.01. The number of piperazine rings is 1. The summed E-state index contributed by atoms with van der Waals surface area (Å²) in [5.41, 5.74) is 2.60. The van der Waals surface area contributed by atoms with Gasteiger partial charge in [-0.25, -0.2) is 4.39 Å². The fourth-order valence-electron chi connectivity index (χ4n) is 3.43. The molecule has 1 aromatic carbocycles. The number of benzene rings is 1. The van der Waals surface area contributed by atoms with E-state index in [1.54, 1.807) is 6.07 Å². The Morgan fingerprint density at radius 3 is 2.56 bits per heavy atom. The predicted molar refractivity (Wildman–Crippen MR) is 88.5 cm³/mol. The van der Waals surface area contributed by atoms with Crippen LogP contribution >= 0.6 is 0 Å². The van der Waals surface area contributed by atoms with Gasteiger partial charge in [0.05, 0.1) is 18.8 Å². The van der Waals surface area contributed by atoms with Crippen LogP contribution in [0.25, 0.3) is 0 Å². The maximum atomic E-state index is 13.9. The minimum Gasteiger partial charge on any atom is -0.467 e. The molecule has 0 radical (unpaired) electrons. The second-order valence-corrected chi connectivity index (χ2v) is 6.65. The van der Waals surface area contributed by atoms with Crippen molar-refractivity contribution >= 4 is 0 Å². The van der Waals surface area contributed by atoms with Crippen LogP contribution in [0.3, 0.4) is 0 Å². The number of ether oxygens (including phenoxy) is 2. The van der Waals surface area contributed by atoms with Gasteiger partial charge in [-0.3, -0.25) is 9.80 Å². The Labute approximate surface area is 146 Å². The van der Waals surface area contributed by atoms with Crippen LogP contribution in [-0.2, 0) is 24.4 Å². The van der Waals surface area contributed by atoms with Crippen molar-refractivity contribution < 1.29 is 18.4 Å². The molecular formula is C18H22FN3O3. The molecule has 0 spiro atoms. The Hall–Kier alpha value is -1.96. The summed E-state index contributed by atoms with van der Waals surface area (Å²) in [4.78, 5) is 4.68. The van der Waals surface area contributed by atoms with Gasteiger partial charge in [-0.2, -0.15) is 0 Å². The molecule has 134 valence electrons. The first-order valence-corrected chi connectivity index (χ1v) is 8.56. The molecule has 0 N–H and O–H groups in total. The van der Waals surface area contributed by atoms with Gasteiger partial charge in [0.1, 0.15) is 11.6 Å². The third kappa shape index (κ3) is 3.84. The van der Waals surface area contributed by atoms with Crippen molar-refractivity contribution in [3.63, 3.8) is 0 Å². The molecule has 1 fully saturated rings. The van der Waals surface area contributed by atoms with Gasteiger partial charge < -0.3 is 14.0 Å². The van der Waals surface area contributed by atoms with Crippen LogP contribution < -0.4 is 4.74 Å². The highest BCUT2D eigenvalue weighted by Crippen LogP contribution is 2.30. The van der Waals surface area contributed by atoms with Crippen molar-refractivity contribution in [1.82, 2.24) is 15.0 Å². The van der Waals surface area contributed by atoms with Crippen LogP contribution in [0.2, 0.25) is 0 Å². The normalized spacial score (nSPS) is 18.8. The Kier molecular flexibility index (Phi) is 4.70. The van der Waals surface area contributed by atoms with E-state index in [4.69, 9.17) is 14.0 Å². The summed E-state index contributed by atoms with van der Waals surface area (Å²) in [7, 11) is 0. The summed E-state index contributed by atoms with van der Waals surface area (Å²) < 4.78 is 30.0. The number of aryl methyl sites for hydroxylation is 1. The minimum atomic E-state index is -0.234. The second kappa shape index (κ2) is 7.11. The van der Waals surface area contributed by atoms with Gasteiger partial charge in [-0.05, 0) is 19.1 Å². The molecular weight excluding hydrogens is 325 g/mol. The van der Waals surface area contributed by atoms with Crippen LogP contribution in [0.4, 0.5) is 4.39 Å². The molecule has 2 aliphatic rings. The van der Waals surface area contributed by atoms with E-state index in [0.29, 0.717) is 13.2 Å². The zero-order valence-corrected chi connectivity index (χ0v) is 14.3. The van der Waals surface area contributed by atoms with Crippen LogP contribution in [0.1, 0.15) is 22.6 Å². The quantitative estimate of drug-likeness (QED) is 0.846. The third-order valence-electron chi connectivity index (χ3n) is 4.67. The molecule has 25 heavy (non-hydrogen) atoms. The molecule has 2 aromatic rings. The summed E-state index contributed by atoms with van der Waals surface area (Å²) >= 11 is 0. The summed E-state index contributed by atoms with van der Waals surface area (Å²) in [6.45, 7) is 7.78. The van der Waals surface area contributed by atoms with E-state index in [9.17, 15) is 4.39 Å². The van der Waals surface area contributed by atoms with Gasteiger partial charge in [0.15, 0.2) is 12.6 Å². The van der Waals surface area contributed by atoms with E-state index < -0.39 is 0 Å². The van der Waals surface area contributed by atoms with E-state index in [0.717, 1.165) is 61.1 Å². The molecule has 3 heterocycles. The summed E-state index contributed by atoms with van der Waals surface area (Å²) in [6.07, 6.45) is 0. The molecule has 0 amide bonds. The predicted octanol–water partition coefficient (Wildman–Crippen LogP) is 2.31. The number of rotatable bonds is 4. The van der Waals surface area contributed by atoms with Gasteiger partial charge in [0.2, 0.25) is 0 Å². The van der Waals surface area contributed by atoms with E-state index in [-0.39, 0.29) is 12.6 Å². The number of hydrogen-bond acceptors (Lipinski definition) is 6. The molecule has 0 atom stereocenters. The molecule has 6 nitrogen and oxygen atoms in total. The third-order valence-corrected chi connectivity index (χ3v) is 4.67. The van der Waals surface area contributed by atoms with Crippen molar-refractivity contribution in [2.75, 3.05) is 33.0 Å². The Morgan fingerprint density at radius 2 is 1.84 bits per heavy atom. The summed E-state index contributed by atoms with van der Waals surface area (Å²) in [5, 5.41) is 3.93. The van der Waals surface area contributed by atoms with Crippen molar-refractivity contribution in [3.05, 3.63) is 46.6 Å². The first-order valence-electron chi connectivity index (χ1n) is 8.56. The topological polar surface area (TPSA) is 51.0 Å². The van der Waals surface area contributed by atoms with Gasteiger partial charge >= 0.3 is 0 Å². The standard InChI is InChI=1S/C18H22FN3O3/c1-13-6-17(25-20-13)10-22-4-2-21(3-5-22)9-14-7-16(19)8-15-11-23-12-24-18(14)15/h6-8H,2-5,9-12H2,1H3. The second-order valence-electron chi connectivity index (χ2n) is 6.65. The molecule has 0 bridgehead atoms. The highest BCUT2D eigenvalue weighted by Gasteiger charge is 2.22. The summed E-state index contributed by atoms with van der Waals surface area (Å²) in [6, 6.07) is 5.05. The summed E-state index contributed by atoms with van der Waals surface area (Å²) in [5.74, 6) is 1.45. The highest BCUT2D eigenvalue weighted by molar-refractivity contribution is 5.42. The van der Waals surface area contributed by atoms with E-state index >= 15 is 0 Å². The van der Waals surface area contributed by atoms with Crippen molar-refractivity contribution in [2.45, 2.75) is 26.6 Å². The largest absolute Gasteiger partial charge is 0.467 e. The first-order chi connectivity index (χ1) is 12.2. The van der Waals surface area contributed by atoms with Gasteiger partial charge in [-0.1, -0.05) is 5.16 Å². The molecule has 2 aliphatic heterocycles. The smallest absolute Gasteiger partial charge is 0.189 e. The molecule has 0 aliphatic carbocycles. The van der Waals surface area contributed by atoms with E-state index in [1.165, 1.54) is 6.07 Å².